The number of carbonyl (C=O) groups is 2. The topological polar surface area (TPSA) is 77.0 Å². The summed E-state index contributed by atoms with van der Waals surface area (Å²) in [7, 11) is 0. The molecule has 1 N–H and O–H groups in total. The van der Waals surface area contributed by atoms with Crippen LogP contribution in [0.25, 0.3) is 10.1 Å². The molecular weight excluding hydrogens is 528 g/mol. The minimum atomic E-state index is -0.534. The Morgan fingerprint density at radius 1 is 1.03 bits per heavy atom. The molecule has 0 unspecified atom stereocenters. The van der Waals surface area contributed by atoms with Gasteiger partial charge in [-0.05, 0) is 42.0 Å². The number of hydrogen-bond donors (Lipinski definition) is 1. The van der Waals surface area contributed by atoms with Crippen molar-refractivity contribution in [1.29, 1.82) is 0 Å². The molecule has 1 amide bonds. The third kappa shape index (κ3) is 5.98. The van der Waals surface area contributed by atoms with E-state index < -0.39 is 11.9 Å². The molecule has 4 rings (SSSR count). The van der Waals surface area contributed by atoms with E-state index in [9.17, 15) is 9.59 Å². The van der Waals surface area contributed by atoms with Crippen molar-refractivity contribution in [2.24, 2.45) is 5.10 Å². The Morgan fingerprint density at radius 3 is 2.64 bits per heavy atom. The molecule has 0 saturated heterocycles. The number of hydrogen-bond acceptors (Lipinski definition) is 6. The van der Waals surface area contributed by atoms with Crippen LogP contribution in [0.3, 0.4) is 0 Å². The number of ether oxygens (including phenoxy) is 2. The summed E-state index contributed by atoms with van der Waals surface area (Å²) in [6.07, 6.45) is 1.45. The Hall–Kier alpha value is -3.20. The van der Waals surface area contributed by atoms with Crippen molar-refractivity contribution in [3.63, 3.8) is 0 Å². The lowest BCUT2D eigenvalue weighted by Gasteiger charge is -2.05. The number of hydrazone groups is 1. The van der Waals surface area contributed by atoms with Gasteiger partial charge in [0.1, 0.15) is 16.4 Å². The predicted molar refractivity (Wildman–Crippen MR) is 134 cm³/mol. The minimum absolute atomic E-state index is 0.179. The van der Waals surface area contributed by atoms with Gasteiger partial charge in [0.15, 0.2) is 6.61 Å². The molecule has 0 saturated carbocycles. The molecule has 33 heavy (non-hydrogen) atoms. The fourth-order valence-electron chi connectivity index (χ4n) is 2.87. The number of nitrogens with one attached hydrogen (secondary N) is 1. The molecule has 0 aliphatic rings. The molecule has 0 aliphatic heterocycles. The fourth-order valence-corrected chi connectivity index (χ4v) is 4.64. The van der Waals surface area contributed by atoms with Crippen molar-refractivity contribution in [2.75, 3.05) is 6.61 Å². The third-order valence-electron chi connectivity index (χ3n) is 4.36. The molecule has 6 nitrogen and oxygen atoms in total. The summed E-state index contributed by atoms with van der Waals surface area (Å²) in [6, 6.07) is 21.5. The van der Waals surface area contributed by atoms with Crippen LogP contribution in [0, 0.1) is 0 Å². The number of benzene rings is 3. The maximum absolute atomic E-state index is 12.6. The lowest BCUT2D eigenvalue weighted by molar-refractivity contribution is -0.123. The van der Waals surface area contributed by atoms with E-state index in [4.69, 9.17) is 21.1 Å². The quantitative estimate of drug-likeness (QED) is 0.133. The summed E-state index contributed by atoms with van der Waals surface area (Å²) >= 11 is 11.0. The molecule has 0 radical (unpaired) electrons. The number of nitrogens with zero attached hydrogens (tertiary/aromatic N) is 1. The number of amides is 1. The second-order valence-electron chi connectivity index (χ2n) is 6.74. The van der Waals surface area contributed by atoms with Gasteiger partial charge in [-0.3, -0.25) is 4.79 Å². The maximum atomic E-state index is 12.6. The monoisotopic (exact) mass is 542 g/mol. The van der Waals surface area contributed by atoms with E-state index in [1.54, 1.807) is 36.4 Å². The molecule has 0 bridgehead atoms. The molecule has 3 aromatic carbocycles. The summed E-state index contributed by atoms with van der Waals surface area (Å²) in [5.41, 5.74) is 3.03. The summed E-state index contributed by atoms with van der Waals surface area (Å²) < 4.78 is 12.7. The first-order valence-corrected chi connectivity index (χ1v) is 11.7. The number of esters is 1. The lowest BCUT2D eigenvalue weighted by Crippen LogP contribution is -2.24. The lowest BCUT2D eigenvalue weighted by atomic mass is 10.2. The van der Waals surface area contributed by atoms with Gasteiger partial charge in [-0.25, -0.2) is 10.2 Å². The zero-order chi connectivity index (χ0) is 23.2. The first kappa shape index (κ1) is 23.0. The molecule has 1 heterocycles. The number of halogens is 2. The standard InChI is InChI=1S/C24H16BrClN2O4S/c25-16-6-4-7-17(12-16)31-14-21(29)28-27-13-15-5-3-8-18(11-15)32-24(30)23-22(26)19-9-1-2-10-20(19)33-23/h1-13H,14H2,(H,28,29)/b27-13-. The molecule has 1 aromatic heterocycles. The van der Waals surface area contributed by atoms with Crippen LogP contribution in [0.1, 0.15) is 15.2 Å². The Balaban J connectivity index is 1.34. The number of fused-ring (bicyclic) bond motifs is 1. The van der Waals surface area contributed by atoms with Crippen LogP contribution in [0.4, 0.5) is 0 Å². The van der Waals surface area contributed by atoms with Crippen LogP contribution < -0.4 is 14.9 Å². The van der Waals surface area contributed by atoms with Gasteiger partial charge in [0.05, 0.1) is 11.2 Å². The van der Waals surface area contributed by atoms with Gasteiger partial charge in [-0.15, -0.1) is 11.3 Å². The maximum Gasteiger partial charge on any atom is 0.355 e. The molecule has 0 atom stereocenters. The van der Waals surface area contributed by atoms with Gasteiger partial charge in [-0.2, -0.15) is 5.10 Å². The molecule has 4 aromatic rings. The first-order chi connectivity index (χ1) is 16.0. The van der Waals surface area contributed by atoms with Crippen molar-refractivity contribution in [3.05, 3.63) is 92.7 Å². The minimum Gasteiger partial charge on any atom is -0.484 e. The van der Waals surface area contributed by atoms with Gasteiger partial charge >= 0.3 is 5.97 Å². The highest BCUT2D eigenvalue weighted by molar-refractivity contribution is 9.10. The summed E-state index contributed by atoms with van der Waals surface area (Å²) in [4.78, 5) is 24.9. The van der Waals surface area contributed by atoms with E-state index in [1.165, 1.54) is 17.6 Å². The molecule has 9 heteroatoms. The van der Waals surface area contributed by atoms with Gasteiger partial charge in [0.2, 0.25) is 0 Å². The van der Waals surface area contributed by atoms with Crippen LogP contribution in [0.5, 0.6) is 11.5 Å². The van der Waals surface area contributed by atoms with Crippen molar-refractivity contribution >= 4 is 67.0 Å². The largest absolute Gasteiger partial charge is 0.484 e. The van der Waals surface area contributed by atoms with Gasteiger partial charge < -0.3 is 9.47 Å². The molecule has 0 aliphatic carbocycles. The van der Waals surface area contributed by atoms with Crippen molar-refractivity contribution < 1.29 is 19.1 Å². The normalized spacial score (nSPS) is 11.0. The van der Waals surface area contributed by atoms with E-state index >= 15 is 0 Å². The highest BCUT2D eigenvalue weighted by atomic mass is 79.9. The predicted octanol–water partition coefficient (Wildman–Crippen LogP) is 6.07. The van der Waals surface area contributed by atoms with Crippen LogP contribution in [0.15, 0.2) is 82.4 Å². The highest BCUT2D eigenvalue weighted by Crippen LogP contribution is 2.35. The molecule has 0 spiro atoms. The second kappa shape index (κ2) is 10.6. The summed E-state index contributed by atoms with van der Waals surface area (Å²) in [5.74, 6) is -0.0416. The van der Waals surface area contributed by atoms with E-state index in [0.717, 1.165) is 14.6 Å². The Labute approximate surface area is 206 Å². The van der Waals surface area contributed by atoms with E-state index in [0.29, 0.717) is 27.0 Å². The van der Waals surface area contributed by atoms with Crippen molar-refractivity contribution in [2.45, 2.75) is 0 Å². The average molecular weight is 544 g/mol. The molecule has 166 valence electrons. The number of carbonyl (C=O) groups excluding carboxylic acids is 2. The van der Waals surface area contributed by atoms with Crippen molar-refractivity contribution in [3.8, 4) is 11.5 Å². The summed E-state index contributed by atoms with van der Waals surface area (Å²) in [5, 5.41) is 5.12. The van der Waals surface area contributed by atoms with Gasteiger partial charge in [0.25, 0.3) is 5.91 Å². The number of rotatable bonds is 7. The van der Waals surface area contributed by atoms with Gasteiger partial charge in [-0.1, -0.05) is 63.9 Å². The highest BCUT2D eigenvalue weighted by Gasteiger charge is 2.19. The van der Waals surface area contributed by atoms with Gasteiger partial charge in [0, 0.05) is 14.6 Å². The van der Waals surface area contributed by atoms with E-state index in [-0.39, 0.29) is 6.61 Å². The number of thiophene rings is 1. The first-order valence-electron chi connectivity index (χ1n) is 9.69. The second-order valence-corrected chi connectivity index (χ2v) is 9.09. The summed E-state index contributed by atoms with van der Waals surface area (Å²) in [6.45, 7) is -0.179. The Kier molecular flexibility index (Phi) is 7.39. The molecular formula is C24H16BrClN2O4S. The SMILES string of the molecule is O=C(COc1cccc(Br)c1)N/N=C\c1cccc(OC(=O)c2sc3ccccc3c2Cl)c1. The smallest absolute Gasteiger partial charge is 0.355 e. The van der Waals surface area contributed by atoms with E-state index in [2.05, 4.69) is 26.5 Å². The van der Waals surface area contributed by atoms with Crippen LogP contribution >= 0.6 is 38.9 Å². The average Bonchev–Trinajstić information content (AvgIpc) is 3.15. The van der Waals surface area contributed by atoms with E-state index in [1.807, 2.05) is 36.4 Å². The van der Waals surface area contributed by atoms with Crippen LogP contribution in [-0.4, -0.2) is 24.7 Å². The van der Waals surface area contributed by atoms with Crippen molar-refractivity contribution in [1.82, 2.24) is 5.43 Å². The zero-order valence-corrected chi connectivity index (χ0v) is 20.1. The zero-order valence-electron chi connectivity index (χ0n) is 17.0. The molecule has 0 fully saturated rings. The fraction of sp³-hybridized carbons (Fsp3) is 0.0417. The third-order valence-corrected chi connectivity index (χ3v) is 6.51. The Bertz CT molecular complexity index is 1360. The Morgan fingerprint density at radius 2 is 1.82 bits per heavy atom. The van der Waals surface area contributed by atoms with Crippen LogP contribution in [-0.2, 0) is 4.79 Å². The van der Waals surface area contributed by atoms with Crippen LogP contribution in [0.2, 0.25) is 5.02 Å².